The summed E-state index contributed by atoms with van der Waals surface area (Å²) in [7, 11) is 0. The lowest BCUT2D eigenvalue weighted by Crippen LogP contribution is -2.24. The molecule has 0 fully saturated rings. The second-order valence-electron chi connectivity index (χ2n) is 7.93. The van der Waals surface area contributed by atoms with E-state index in [0.717, 1.165) is 25.0 Å². The van der Waals surface area contributed by atoms with E-state index in [-0.39, 0.29) is 5.69 Å². The number of halogens is 3. The molecule has 0 saturated carbocycles. The first-order chi connectivity index (χ1) is 17.7. The number of hydrogen-bond donors (Lipinski definition) is 0. The lowest BCUT2D eigenvalue weighted by atomic mass is 10.2. The maximum Gasteiger partial charge on any atom is 0.416 e. The van der Waals surface area contributed by atoms with Crippen molar-refractivity contribution in [3.05, 3.63) is 94.0 Å². The summed E-state index contributed by atoms with van der Waals surface area (Å²) in [6, 6.07) is 13.4. The van der Waals surface area contributed by atoms with Gasteiger partial charge in [-0.05, 0) is 49.7 Å². The summed E-state index contributed by atoms with van der Waals surface area (Å²) in [5.74, 6) is 0. The summed E-state index contributed by atoms with van der Waals surface area (Å²) in [6.07, 6.45) is -1.34. The van der Waals surface area contributed by atoms with Crippen LogP contribution in [0.25, 0.3) is 27.6 Å². The number of unbranched alkanes of at least 4 members (excludes halogenated alkanes) is 1. The molecule has 0 amide bonds. The molecule has 0 N–H and O–H groups in total. The van der Waals surface area contributed by atoms with Crippen molar-refractivity contribution in [3.63, 3.8) is 0 Å². The van der Waals surface area contributed by atoms with Crippen molar-refractivity contribution >= 4 is 17.3 Å². The largest absolute Gasteiger partial charge is 0.416 e. The number of hydrogen-bond acceptors (Lipinski definition) is 4. The minimum atomic E-state index is -4.52. The van der Waals surface area contributed by atoms with Crippen LogP contribution in [-0.2, 0) is 24.3 Å². The third-order valence-electron chi connectivity index (χ3n) is 5.65. The maximum absolute atomic E-state index is 13.5. The van der Waals surface area contributed by atoms with Gasteiger partial charge in [0.05, 0.1) is 46.8 Å². The van der Waals surface area contributed by atoms with Crippen molar-refractivity contribution in [3.8, 4) is 22.8 Å². The Hall–Kier alpha value is -4.24. The highest BCUT2D eigenvalue weighted by molar-refractivity contribution is 7.51. The van der Waals surface area contributed by atoms with Crippen LogP contribution in [0.1, 0.15) is 31.0 Å². The first-order valence-corrected chi connectivity index (χ1v) is 11.8. The number of benzene rings is 2. The average molecular weight is 530 g/mol. The van der Waals surface area contributed by atoms with E-state index in [9.17, 15) is 18.0 Å². The van der Waals surface area contributed by atoms with Gasteiger partial charge in [-0.3, -0.25) is 9.13 Å². The Morgan fingerprint density at radius 2 is 1.73 bits per heavy atom. The van der Waals surface area contributed by atoms with E-state index in [1.807, 2.05) is 6.92 Å². The molecule has 0 spiro atoms. The fourth-order valence-electron chi connectivity index (χ4n) is 3.99. The van der Waals surface area contributed by atoms with Crippen molar-refractivity contribution in [2.24, 2.45) is 0 Å². The van der Waals surface area contributed by atoms with Crippen molar-refractivity contribution < 1.29 is 21.6 Å². The van der Waals surface area contributed by atoms with Crippen LogP contribution in [0.2, 0.25) is 0 Å². The SMILES string of the molecule is O=S=O.[C-]#[N+]c1ccc(-n2nccc2-c2c(C)n(-c3cccc(C(F)(F)F)c3)c(=O)n2CCCC)cc1. The molecule has 37 heavy (non-hydrogen) atoms. The smallest absolute Gasteiger partial charge is 0.290 e. The summed E-state index contributed by atoms with van der Waals surface area (Å²) >= 11 is -0.750. The Balaban J connectivity index is 0.00000121. The molecule has 0 bridgehead atoms. The van der Waals surface area contributed by atoms with Crippen LogP contribution >= 0.6 is 0 Å². The number of aromatic nitrogens is 4. The molecular weight excluding hydrogens is 507 g/mol. The van der Waals surface area contributed by atoms with Crippen LogP contribution in [0.3, 0.4) is 0 Å². The van der Waals surface area contributed by atoms with Crippen LogP contribution in [0, 0.1) is 13.5 Å². The van der Waals surface area contributed by atoms with Crippen LogP contribution in [-0.4, -0.2) is 27.3 Å². The van der Waals surface area contributed by atoms with E-state index < -0.39 is 29.0 Å². The van der Waals surface area contributed by atoms with Gasteiger partial charge in [0.15, 0.2) is 5.69 Å². The molecule has 0 atom stereocenters. The van der Waals surface area contributed by atoms with E-state index in [1.165, 1.54) is 16.7 Å². The van der Waals surface area contributed by atoms with E-state index in [0.29, 0.717) is 35.0 Å². The zero-order valence-corrected chi connectivity index (χ0v) is 20.7. The fourth-order valence-corrected chi connectivity index (χ4v) is 3.99. The lowest BCUT2D eigenvalue weighted by molar-refractivity contribution is -0.137. The molecule has 12 heteroatoms. The third kappa shape index (κ3) is 5.78. The second kappa shape index (κ2) is 11.7. The van der Waals surface area contributed by atoms with Crippen molar-refractivity contribution in [1.82, 2.24) is 18.9 Å². The number of alkyl halides is 3. The molecule has 0 aliphatic carbocycles. The Kier molecular flexibility index (Phi) is 8.62. The maximum atomic E-state index is 13.5. The topological polar surface area (TPSA) is 83.2 Å². The van der Waals surface area contributed by atoms with Crippen molar-refractivity contribution in [1.29, 1.82) is 0 Å². The molecule has 2 aromatic carbocycles. The molecule has 4 rings (SSSR count). The Labute approximate surface area is 214 Å². The normalized spacial score (nSPS) is 10.9. The molecule has 0 unspecified atom stereocenters. The summed E-state index contributed by atoms with van der Waals surface area (Å²) in [5, 5.41) is 4.40. The van der Waals surface area contributed by atoms with Crippen molar-refractivity contribution in [2.45, 2.75) is 39.4 Å². The summed E-state index contributed by atoms with van der Waals surface area (Å²) < 4.78 is 61.2. The van der Waals surface area contributed by atoms with Gasteiger partial charge in [0, 0.05) is 6.54 Å². The van der Waals surface area contributed by atoms with Crippen LogP contribution < -0.4 is 5.69 Å². The number of rotatable bonds is 6. The van der Waals surface area contributed by atoms with Gasteiger partial charge >= 0.3 is 23.4 Å². The Morgan fingerprint density at radius 1 is 1.05 bits per heavy atom. The zero-order chi connectivity index (χ0) is 27.2. The Bertz CT molecular complexity index is 1520. The third-order valence-corrected chi connectivity index (χ3v) is 5.65. The van der Waals surface area contributed by atoms with E-state index in [1.54, 1.807) is 52.7 Å². The van der Waals surface area contributed by atoms with E-state index >= 15 is 0 Å². The van der Waals surface area contributed by atoms with Gasteiger partial charge in [-0.1, -0.05) is 31.5 Å². The molecule has 0 aliphatic heterocycles. The number of imidazole rings is 1. The molecule has 2 aromatic heterocycles. The predicted molar refractivity (Wildman–Crippen MR) is 132 cm³/mol. The molecular formula is C25H22F3N5O3S. The molecule has 192 valence electrons. The highest BCUT2D eigenvalue weighted by Gasteiger charge is 2.31. The highest BCUT2D eigenvalue weighted by Crippen LogP contribution is 2.32. The quantitative estimate of drug-likeness (QED) is 0.309. The van der Waals surface area contributed by atoms with Crippen LogP contribution in [0.15, 0.2) is 65.6 Å². The van der Waals surface area contributed by atoms with Gasteiger partial charge < -0.3 is 0 Å². The summed E-state index contributed by atoms with van der Waals surface area (Å²) in [6.45, 7) is 11.3. The Morgan fingerprint density at radius 3 is 2.32 bits per heavy atom. The molecule has 0 radical (unpaired) electrons. The fraction of sp³-hybridized carbons (Fsp3) is 0.240. The number of nitrogens with zero attached hydrogens (tertiary/aromatic N) is 5. The molecule has 8 nitrogen and oxygen atoms in total. The van der Waals surface area contributed by atoms with E-state index in [4.69, 9.17) is 15.0 Å². The van der Waals surface area contributed by atoms with Crippen LogP contribution in [0.4, 0.5) is 18.9 Å². The minimum absolute atomic E-state index is 0.154. The van der Waals surface area contributed by atoms with Gasteiger partial charge in [-0.25, -0.2) is 14.3 Å². The van der Waals surface area contributed by atoms with Gasteiger partial charge in [0.25, 0.3) is 0 Å². The highest BCUT2D eigenvalue weighted by atomic mass is 32.1. The van der Waals surface area contributed by atoms with Gasteiger partial charge in [0.2, 0.25) is 0 Å². The summed E-state index contributed by atoms with van der Waals surface area (Å²) in [5.41, 5.74) is 1.86. The van der Waals surface area contributed by atoms with Crippen molar-refractivity contribution in [2.75, 3.05) is 0 Å². The van der Waals surface area contributed by atoms with Crippen LogP contribution in [0.5, 0.6) is 0 Å². The van der Waals surface area contributed by atoms with E-state index in [2.05, 4.69) is 9.94 Å². The first-order valence-electron chi connectivity index (χ1n) is 11.1. The minimum Gasteiger partial charge on any atom is -0.290 e. The van der Waals surface area contributed by atoms with Gasteiger partial charge in [-0.2, -0.15) is 26.7 Å². The second-order valence-corrected chi connectivity index (χ2v) is 8.07. The monoisotopic (exact) mass is 529 g/mol. The molecule has 0 aliphatic rings. The molecule has 4 aromatic rings. The first kappa shape index (κ1) is 27.3. The standard InChI is InChI=1S/C25H22F3N5O.O2S/c1-4-5-15-31-23(22-13-14-30-33(22)20-11-9-19(29-3)10-12-20)17(2)32(24(31)34)21-8-6-7-18(16-21)25(26,27)28;1-3-2/h6-14,16H,4-5,15H2,1-2H3;. The molecule has 0 saturated heterocycles. The average Bonchev–Trinajstić information content (AvgIpc) is 3.44. The van der Waals surface area contributed by atoms with Gasteiger partial charge in [0.1, 0.15) is 0 Å². The zero-order valence-electron chi connectivity index (χ0n) is 19.9. The predicted octanol–water partition coefficient (Wildman–Crippen LogP) is 5.50. The van der Waals surface area contributed by atoms with Gasteiger partial charge in [-0.15, -0.1) is 0 Å². The lowest BCUT2D eigenvalue weighted by Gasteiger charge is -2.12. The molecule has 2 heterocycles. The summed E-state index contributed by atoms with van der Waals surface area (Å²) in [4.78, 5) is 16.9.